The van der Waals surface area contributed by atoms with Gasteiger partial charge in [0.1, 0.15) is 5.82 Å². The molecule has 24 heavy (non-hydrogen) atoms. The van der Waals surface area contributed by atoms with Crippen molar-refractivity contribution in [2.24, 2.45) is 0 Å². The highest BCUT2D eigenvalue weighted by Crippen LogP contribution is 2.24. The summed E-state index contributed by atoms with van der Waals surface area (Å²) < 4.78 is 13.1. The Morgan fingerprint density at radius 3 is 2.92 bits per heavy atom. The topological polar surface area (TPSA) is 44.9 Å². The minimum atomic E-state index is -0.454. The molecule has 0 aliphatic heterocycles. The Hall–Kier alpha value is -1.98. The lowest BCUT2D eigenvalue weighted by atomic mass is 10.1. The maximum absolute atomic E-state index is 13.1. The number of H-pyrrole nitrogens is 1. The van der Waals surface area contributed by atoms with Crippen molar-refractivity contribution in [3.8, 4) is 0 Å². The SMILES string of the molecule is O=C(CSc1ccc(F)c(Cl)c1)NCCc1c[nH]c2ccccc12. The molecule has 2 aromatic carbocycles. The summed E-state index contributed by atoms with van der Waals surface area (Å²) in [6.45, 7) is 0.575. The molecule has 3 rings (SSSR count). The average Bonchev–Trinajstić information content (AvgIpc) is 2.99. The number of rotatable bonds is 6. The molecule has 0 aliphatic rings. The molecule has 0 saturated carbocycles. The summed E-state index contributed by atoms with van der Waals surface area (Å²) in [5, 5.41) is 4.15. The van der Waals surface area contributed by atoms with Gasteiger partial charge in [0, 0.05) is 28.5 Å². The van der Waals surface area contributed by atoms with Crippen molar-refractivity contribution in [2.75, 3.05) is 12.3 Å². The van der Waals surface area contributed by atoms with E-state index in [-0.39, 0.29) is 16.7 Å². The predicted octanol–water partition coefficient (Wildman–Crippen LogP) is 4.41. The molecule has 0 aliphatic carbocycles. The van der Waals surface area contributed by atoms with Gasteiger partial charge in [0.15, 0.2) is 0 Å². The first kappa shape index (κ1) is 16.9. The number of halogens is 2. The van der Waals surface area contributed by atoms with Gasteiger partial charge in [-0.2, -0.15) is 0 Å². The third-order valence-corrected chi connectivity index (χ3v) is 4.94. The van der Waals surface area contributed by atoms with Gasteiger partial charge in [-0.3, -0.25) is 4.79 Å². The number of para-hydroxylation sites is 1. The van der Waals surface area contributed by atoms with Crippen LogP contribution in [0.5, 0.6) is 0 Å². The molecule has 0 unspecified atom stereocenters. The van der Waals surface area contributed by atoms with Gasteiger partial charge in [-0.15, -0.1) is 11.8 Å². The summed E-state index contributed by atoms with van der Waals surface area (Å²) in [5.41, 5.74) is 2.28. The fourth-order valence-corrected chi connectivity index (χ4v) is 3.45. The normalized spacial score (nSPS) is 10.9. The van der Waals surface area contributed by atoms with Gasteiger partial charge >= 0.3 is 0 Å². The molecule has 1 amide bonds. The number of aromatic nitrogens is 1. The van der Waals surface area contributed by atoms with Gasteiger partial charge in [0.05, 0.1) is 10.8 Å². The first-order valence-corrected chi connectivity index (χ1v) is 8.89. The third kappa shape index (κ3) is 4.10. The van der Waals surface area contributed by atoms with E-state index in [1.807, 2.05) is 24.4 Å². The zero-order valence-electron chi connectivity index (χ0n) is 12.8. The summed E-state index contributed by atoms with van der Waals surface area (Å²) in [4.78, 5) is 15.9. The second-order valence-electron chi connectivity index (χ2n) is 5.32. The van der Waals surface area contributed by atoms with Gasteiger partial charge < -0.3 is 10.3 Å². The lowest BCUT2D eigenvalue weighted by molar-refractivity contribution is -0.118. The lowest BCUT2D eigenvalue weighted by Crippen LogP contribution is -2.27. The largest absolute Gasteiger partial charge is 0.361 e. The van der Waals surface area contributed by atoms with Crippen LogP contribution in [0.15, 0.2) is 53.6 Å². The maximum Gasteiger partial charge on any atom is 0.230 e. The number of hydrogen-bond donors (Lipinski definition) is 2. The second kappa shape index (κ2) is 7.73. The van der Waals surface area contributed by atoms with Crippen molar-refractivity contribution in [2.45, 2.75) is 11.3 Å². The highest BCUT2D eigenvalue weighted by molar-refractivity contribution is 8.00. The van der Waals surface area contributed by atoms with E-state index in [1.165, 1.54) is 34.8 Å². The van der Waals surface area contributed by atoms with Crippen molar-refractivity contribution >= 4 is 40.2 Å². The van der Waals surface area contributed by atoms with E-state index in [4.69, 9.17) is 11.6 Å². The molecule has 0 radical (unpaired) electrons. The summed E-state index contributed by atoms with van der Waals surface area (Å²) >= 11 is 7.06. The standard InChI is InChI=1S/C18H16ClFN2OS/c19-15-9-13(5-6-16(15)20)24-11-18(23)21-8-7-12-10-22-17-4-2-1-3-14(12)17/h1-6,9-10,22H,7-8,11H2,(H,21,23). The zero-order chi connectivity index (χ0) is 16.9. The zero-order valence-corrected chi connectivity index (χ0v) is 14.4. The number of aromatic amines is 1. The smallest absolute Gasteiger partial charge is 0.230 e. The number of carbonyl (C=O) groups excluding carboxylic acids is 1. The van der Waals surface area contributed by atoms with Crippen LogP contribution in [0.1, 0.15) is 5.56 Å². The molecular formula is C18H16ClFN2OS. The molecule has 0 bridgehead atoms. The van der Waals surface area contributed by atoms with E-state index in [0.29, 0.717) is 6.54 Å². The average molecular weight is 363 g/mol. The fourth-order valence-electron chi connectivity index (χ4n) is 2.44. The molecule has 0 saturated heterocycles. The molecular weight excluding hydrogens is 347 g/mol. The Balaban J connectivity index is 1.46. The molecule has 0 spiro atoms. The number of amides is 1. The molecule has 3 nitrogen and oxygen atoms in total. The van der Waals surface area contributed by atoms with Gasteiger partial charge in [0.25, 0.3) is 0 Å². The van der Waals surface area contributed by atoms with E-state index in [2.05, 4.69) is 16.4 Å². The summed E-state index contributed by atoms with van der Waals surface area (Å²) in [6.07, 6.45) is 2.74. The molecule has 1 aromatic heterocycles. The molecule has 0 fully saturated rings. The molecule has 6 heteroatoms. The molecule has 124 valence electrons. The summed E-state index contributed by atoms with van der Waals surface area (Å²) in [5.74, 6) is -0.236. The molecule has 2 N–H and O–H groups in total. The van der Waals surface area contributed by atoms with Crippen LogP contribution in [0, 0.1) is 5.82 Å². The second-order valence-corrected chi connectivity index (χ2v) is 6.78. The van der Waals surface area contributed by atoms with Crippen molar-refractivity contribution in [1.29, 1.82) is 0 Å². The minimum absolute atomic E-state index is 0.0553. The number of hydrogen-bond acceptors (Lipinski definition) is 2. The van der Waals surface area contributed by atoms with Crippen LogP contribution in [0.2, 0.25) is 5.02 Å². The van der Waals surface area contributed by atoms with Crippen molar-refractivity contribution < 1.29 is 9.18 Å². The van der Waals surface area contributed by atoms with E-state index < -0.39 is 5.82 Å². The van der Waals surface area contributed by atoms with Crippen LogP contribution in [0.3, 0.4) is 0 Å². The maximum atomic E-state index is 13.1. The van der Waals surface area contributed by atoms with Crippen molar-refractivity contribution in [1.82, 2.24) is 10.3 Å². The number of nitrogens with one attached hydrogen (secondary N) is 2. The van der Waals surface area contributed by atoms with Crippen molar-refractivity contribution in [3.63, 3.8) is 0 Å². The van der Waals surface area contributed by atoms with Crippen molar-refractivity contribution in [3.05, 3.63) is 65.1 Å². The van der Waals surface area contributed by atoms with Gasteiger partial charge in [-0.25, -0.2) is 4.39 Å². The Kier molecular flexibility index (Phi) is 5.43. The third-order valence-electron chi connectivity index (χ3n) is 3.65. The van der Waals surface area contributed by atoms with Crippen LogP contribution >= 0.6 is 23.4 Å². The lowest BCUT2D eigenvalue weighted by Gasteiger charge is -2.05. The number of fused-ring (bicyclic) bond motifs is 1. The Labute approximate surface area is 148 Å². The summed E-state index contributed by atoms with van der Waals surface area (Å²) in [6, 6.07) is 12.5. The first-order chi connectivity index (χ1) is 11.6. The van der Waals surface area contributed by atoms with Crippen LogP contribution in [0.25, 0.3) is 10.9 Å². The van der Waals surface area contributed by atoms with Gasteiger partial charge in [0.2, 0.25) is 5.91 Å². The fraction of sp³-hybridized carbons (Fsp3) is 0.167. The van der Waals surface area contributed by atoms with Crippen LogP contribution in [0.4, 0.5) is 4.39 Å². The number of benzene rings is 2. The Morgan fingerprint density at radius 2 is 2.08 bits per heavy atom. The van der Waals surface area contributed by atoms with E-state index in [1.54, 1.807) is 6.07 Å². The number of thioether (sulfide) groups is 1. The quantitative estimate of drug-likeness (QED) is 0.638. The first-order valence-electron chi connectivity index (χ1n) is 7.53. The monoisotopic (exact) mass is 362 g/mol. The highest BCUT2D eigenvalue weighted by Gasteiger charge is 2.07. The van der Waals surface area contributed by atoms with Crippen LogP contribution < -0.4 is 5.32 Å². The molecule has 3 aromatic rings. The van der Waals surface area contributed by atoms with E-state index in [0.717, 1.165) is 16.8 Å². The molecule has 1 heterocycles. The Bertz CT molecular complexity index is 865. The van der Waals surface area contributed by atoms with Crippen LogP contribution in [-0.4, -0.2) is 23.2 Å². The predicted molar refractivity (Wildman–Crippen MR) is 97.1 cm³/mol. The van der Waals surface area contributed by atoms with Gasteiger partial charge in [-0.05, 0) is 36.2 Å². The summed E-state index contributed by atoms with van der Waals surface area (Å²) in [7, 11) is 0. The Morgan fingerprint density at radius 1 is 1.25 bits per heavy atom. The van der Waals surface area contributed by atoms with Gasteiger partial charge in [-0.1, -0.05) is 29.8 Å². The highest BCUT2D eigenvalue weighted by atomic mass is 35.5. The number of carbonyl (C=O) groups is 1. The molecule has 0 atom stereocenters. The minimum Gasteiger partial charge on any atom is -0.361 e. The van der Waals surface area contributed by atoms with E-state index >= 15 is 0 Å². The van der Waals surface area contributed by atoms with E-state index in [9.17, 15) is 9.18 Å². The van der Waals surface area contributed by atoms with Crippen LogP contribution in [-0.2, 0) is 11.2 Å².